The van der Waals surface area contributed by atoms with Crippen LogP contribution >= 0.6 is 0 Å². The summed E-state index contributed by atoms with van der Waals surface area (Å²) in [7, 11) is 2.77. The van der Waals surface area contributed by atoms with Gasteiger partial charge in [-0.25, -0.2) is 4.79 Å². The number of cyclic esters (lactones) is 1. The summed E-state index contributed by atoms with van der Waals surface area (Å²) in [6.07, 6.45) is 2.30. The SMILES string of the molecule is COc1cc([C@@H]2c3cc4c(cc3[C@@H](OC3O[C@@H]5CO[C@@H](C)O[C@H]5[C@H](O)[C@H]3O)[C@H]3COC(=O)[C@H]23)OCO4)cc(OC)c1OC(=O)C(N)CC(=O)O[C@@H]1CC(C)=C(/C=C/C=C/C2=C(C)C[C@@H](O)CC2(C)C)C(C)(C)C1. The van der Waals surface area contributed by atoms with Crippen LogP contribution in [-0.4, -0.2) is 123 Å². The Morgan fingerprint density at radius 1 is 0.836 bits per heavy atom. The number of allylic oxidation sites excluding steroid dienone is 6. The van der Waals surface area contributed by atoms with Crippen molar-refractivity contribution in [2.45, 2.75) is 148 Å². The molecule has 0 aromatic heterocycles. The number of esters is 3. The van der Waals surface area contributed by atoms with E-state index in [4.69, 9.17) is 57.8 Å². The zero-order valence-electron chi connectivity index (χ0n) is 42.9. The molecule has 73 heavy (non-hydrogen) atoms. The number of fused-ring (bicyclic) bond motifs is 4. The summed E-state index contributed by atoms with van der Waals surface area (Å²) < 4.78 is 64.8. The van der Waals surface area contributed by atoms with E-state index in [-0.39, 0.29) is 54.2 Å². The molecule has 3 fully saturated rings. The molecular formula is C55H69NO17. The molecule has 396 valence electrons. The maximum absolute atomic E-state index is 13.9. The monoisotopic (exact) mass is 1020 g/mol. The van der Waals surface area contributed by atoms with Gasteiger partial charge in [-0.3, -0.25) is 9.59 Å². The predicted molar refractivity (Wildman–Crippen MR) is 261 cm³/mol. The summed E-state index contributed by atoms with van der Waals surface area (Å²) in [6.45, 7) is 14.4. The molecule has 4 heterocycles. The van der Waals surface area contributed by atoms with E-state index in [2.05, 4.69) is 46.8 Å². The Morgan fingerprint density at radius 2 is 1.47 bits per heavy atom. The molecule has 3 saturated heterocycles. The minimum absolute atomic E-state index is 0.0395. The van der Waals surface area contributed by atoms with Crippen LogP contribution in [0, 0.1) is 22.7 Å². The Morgan fingerprint density at radius 3 is 2.10 bits per heavy atom. The number of benzene rings is 2. The molecule has 9 rings (SSSR count). The second-order valence-electron chi connectivity index (χ2n) is 21.7. The van der Waals surface area contributed by atoms with E-state index in [0.717, 1.165) is 17.6 Å². The highest BCUT2D eigenvalue weighted by molar-refractivity contribution is 5.85. The van der Waals surface area contributed by atoms with Gasteiger partial charge in [0.15, 0.2) is 35.6 Å². The number of carbonyl (C=O) groups is 3. The van der Waals surface area contributed by atoms with Crippen LogP contribution in [0.1, 0.15) is 109 Å². The molecule has 13 atom stereocenters. The van der Waals surface area contributed by atoms with E-state index in [1.165, 1.54) is 25.4 Å². The van der Waals surface area contributed by atoms with Gasteiger partial charge in [-0.15, -0.1) is 0 Å². The van der Waals surface area contributed by atoms with Crippen molar-refractivity contribution in [2.75, 3.05) is 34.2 Å². The quantitative estimate of drug-likeness (QED) is 0.104. The fourth-order valence-corrected chi connectivity index (χ4v) is 12.2. The predicted octanol–water partition coefficient (Wildman–Crippen LogP) is 5.91. The number of rotatable bonds is 13. The summed E-state index contributed by atoms with van der Waals surface area (Å²) in [5.74, 6) is -3.39. The summed E-state index contributed by atoms with van der Waals surface area (Å²) >= 11 is 0. The molecule has 0 amide bonds. The minimum Gasteiger partial charge on any atom is -0.493 e. The molecule has 2 unspecified atom stereocenters. The van der Waals surface area contributed by atoms with E-state index in [1.807, 2.05) is 19.1 Å². The highest BCUT2D eigenvalue weighted by Gasteiger charge is 2.56. The van der Waals surface area contributed by atoms with Crippen molar-refractivity contribution in [3.63, 3.8) is 0 Å². The summed E-state index contributed by atoms with van der Waals surface area (Å²) in [5.41, 5.74) is 12.3. The third-order valence-electron chi connectivity index (χ3n) is 15.5. The number of carbonyl (C=O) groups excluding carboxylic acids is 3. The van der Waals surface area contributed by atoms with Gasteiger partial charge in [-0.1, -0.05) is 63.1 Å². The molecule has 18 nitrogen and oxygen atoms in total. The van der Waals surface area contributed by atoms with Crippen LogP contribution in [0.4, 0.5) is 0 Å². The second-order valence-corrected chi connectivity index (χ2v) is 21.7. The number of methoxy groups -OCH3 is 2. The number of ether oxygens (including phenoxy) is 11. The maximum atomic E-state index is 13.9. The first-order chi connectivity index (χ1) is 34.7. The molecule has 0 saturated carbocycles. The topological polar surface area (TPSA) is 239 Å². The number of aliphatic hydroxyl groups excluding tert-OH is 3. The molecular weight excluding hydrogens is 947 g/mol. The number of hydrogen-bond acceptors (Lipinski definition) is 18. The molecule has 3 aliphatic carbocycles. The Bertz CT molecular complexity index is 2570. The van der Waals surface area contributed by atoms with E-state index >= 15 is 0 Å². The van der Waals surface area contributed by atoms with Crippen molar-refractivity contribution >= 4 is 17.9 Å². The highest BCUT2D eigenvalue weighted by Crippen LogP contribution is 2.57. The van der Waals surface area contributed by atoms with Crippen molar-refractivity contribution in [1.82, 2.24) is 0 Å². The lowest BCUT2D eigenvalue weighted by molar-refractivity contribution is -0.364. The smallest absolute Gasteiger partial charge is 0.329 e. The Balaban J connectivity index is 0.899. The van der Waals surface area contributed by atoms with Crippen LogP contribution in [-0.2, 0) is 42.8 Å². The van der Waals surface area contributed by atoms with E-state index in [9.17, 15) is 29.7 Å². The zero-order chi connectivity index (χ0) is 52.3. The van der Waals surface area contributed by atoms with Gasteiger partial charge in [0, 0.05) is 18.3 Å². The first-order valence-electron chi connectivity index (χ1n) is 25.1. The molecule has 7 aliphatic rings. The molecule has 2 aromatic rings. The molecule has 0 bridgehead atoms. The molecule has 4 aliphatic heterocycles. The van der Waals surface area contributed by atoms with Crippen LogP contribution in [0.3, 0.4) is 0 Å². The van der Waals surface area contributed by atoms with Crippen molar-refractivity contribution in [2.24, 2.45) is 28.4 Å². The Labute approximate surface area is 425 Å². The molecule has 0 spiro atoms. The van der Waals surface area contributed by atoms with E-state index in [1.54, 1.807) is 31.2 Å². The van der Waals surface area contributed by atoms with Gasteiger partial charge >= 0.3 is 17.9 Å². The zero-order valence-corrected chi connectivity index (χ0v) is 42.9. The fourth-order valence-electron chi connectivity index (χ4n) is 12.2. The average Bonchev–Trinajstić information content (AvgIpc) is 3.95. The average molecular weight is 1020 g/mol. The van der Waals surface area contributed by atoms with Crippen LogP contribution in [0.15, 0.2) is 70.9 Å². The van der Waals surface area contributed by atoms with Gasteiger partial charge in [-0.05, 0) is 103 Å². The largest absolute Gasteiger partial charge is 0.493 e. The van der Waals surface area contributed by atoms with Crippen LogP contribution < -0.4 is 29.4 Å². The molecule has 0 radical (unpaired) electrons. The normalized spacial score (nSPS) is 32.7. The maximum Gasteiger partial charge on any atom is 0.329 e. The van der Waals surface area contributed by atoms with Crippen molar-refractivity contribution in [1.29, 1.82) is 0 Å². The van der Waals surface area contributed by atoms with Crippen molar-refractivity contribution < 1.29 is 81.8 Å². The summed E-state index contributed by atoms with van der Waals surface area (Å²) in [6, 6.07) is 5.39. The number of hydrogen-bond donors (Lipinski definition) is 4. The third kappa shape index (κ3) is 10.4. The Hall–Kier alpha value is -5.31. The van der Waals surface area contributed by atoms with Gasteiger partial charge in [-0.2, -0.15) is 0 Å². The highest BCUT2D eigenvalue weighted by atomic mass is 16.8. The lowest BCUT2D eigenvalue weighted by atomic mass is 9.66. The van der Waals surface area contributed by atoms with Gasteiger partial charge < -0.3 is 73.2 Å². The minimum atomic E-state index is -1.51. The fraction of sp³-hybridized carbons (Fsp3) is 0.582. The van der Waals surface area contributed by atoms with Crippen molar-refractivity contribution in [3.8, 4) is 28.7 Å². The first-order valence-corrected chi connectivity index (χ1v) is 25.1. The molecule has 5 N–H and O–H groups in total. The van der Waals surface area contributed by atoms with Crippen LogP contribution in [0.2, 0.25) is 0 Å². The standard InChI is InChI=1S/C55H69NO17/c1-26-14-30(57)21-54(4,5)35(26)12-10-11-13-36-27(2)15-31(22-55(36,6)7)70-43(58)20-37(56)51(61)72-49-40(63-8)16-29(17-41(49)64-9)44-32-18-38-39(68-25-67-38)19-33(32)48(34-23-66-52(62)45(34)44)73-53-47(60)46(59)50-42(71-53)24-65-28(3)69-50/h10-13,16-19,28,30-31,34,37,42,44-48,50,53,57,59-60H,14-15,20-25,56H2,1-9H3/b12-10+,13-11+/t28-,30-,31-,34+,37?,42-,44-,45+,46-,47-,48-,50-,53?/m1/s1. The van der Waals surface area contributed by atoms with Gasteiger partial charge in [0.2, 0.25) is 12.5 Å². The van der Waals surface area contributed by atoms with E-state index in [0.29, 0.717) is 47.5 Å². The van der Waals surface area contributed by atoms with Gasteiger partial charge in [0.05, 0.1) is 52.0 Å². The lowest BCUT2D eigenvalue weighted by Gasteiger charge is -2.47. The summed E-state index contributed by atoms with van der Waals surface area (Å²) in [4.78, 5) is 41.0. The number of nitrogens with two attached hydrogens (primary N) is 1. The summed E-state index contributed by atoms with van der Waals surface area (Å²) in [5, 5.41) is 32.7. The van der Waals surface area contributed by atoms with Gasteiger partial charge in [0.1, 0.15) is 36.6 Å². The lowest BCUT2D eigenvalue weighted by Crippen LogP contribution is -2.63. The third-order valence-corrected chi connectivity index (χ3v) is 15.5. The van der Waals surface area contributed by atoms with Crippen LogP contribution in [0.5, 0.6) is 28.7 Å². The van der Waals surface area contributed by atoms with Crippen LogP contribution in [0.25, 0.3) is 0 Å². The molecule has 2 aromatic carbocycles. The van der Waals surface area contributed by atoms with Gasteiger partial charge in [0.25, 0.3) is 0 Å². The van der Waals surface area contributed by atoms with Crippen molar-refractivity contribution in [3.05, 3.63) is 87.6 Å². The Kier molecular flexibility index (Phi) is 15.0. The first kappa shape index (κ1) is 52.5. The molecule has 18 heteroatoms. The number of aliphatic hydroxyl groups is 3. The van der Waals surface area contributed by atoms with E-state index < -0.39 is 97.3 Å². The second kappa shape index (κ2) is 20.8.